The summed E-state index contributed by atoms with van der Waals surface area (Å²) in [5.74, 6) is 1.18. The van der Waals surface area contributed by atoms with E-state index in [1.807, 2.05) is 38.1 Å². The Balaban J connectivity index is 0.00000161. The molecule has 0 atom stereocenters. The maximum atomic E-state index is 5.75. The maximum absolute atomic E-state index is 5.75. The van der Waals surface area contributed by atoms with Crippen molar-refractivity contribution >= 4 is 23.2 Å². The second-order valence-electron chi connectivity index (χ2n) is 5.54. The van der Waals surface area contributed by atoms with Gasteiger partial charge in [0.15, 0.2) is 0 Å². The number of aromatic nitrogens is 2. The summed E-state index contributed by atoms with van der Waals surface area (Å²) in [6.07, 6.45) is 0. The number of fused-ring (bicyclic) bond motifs is 1. The van der Waals surface area contributed by atoms with E-state index in [2.05, 4.69) is 28.3 Å². The lowest BCUT2D eigenvalue weighted by molar-refractivity contribution is 0.311. The van der Waals surface area contributed by atoms with E-state index in [0.717, 1.165) is 16.3 Å². The Bertz CT molecular complexity index is 747. The van der Waals surface area contributed by atoms with Crippen LogP contribution in [0.15, 0.2) is 47.0 Å². The van der Waals surface area contributed by atoms with Crippen molar-refractivity contribution in [3.05, 3.63) is 48.4 Å². The first-order valence-corrected chi connectivity index (χ1v) is 6.64. The highest BCUT2D eigenvalue weighted by Crippen LogP contribution is 2.28. The van der Waals surface area contributed by atoms with E-state index < -0.39 is 0 Å². The van der Waals surface area contributed by atoms with Gasteiger partial charge in [0.1, 0.15) is 0 Å². The summed E-state index contributed by atoms with van der Waals surface area (Å²) < 4.78 is 5.38. The minimum absolute atomic E-state index is 0. The SMILES string of the molecule is CC(C)(CN)c1nc(-c2cccc3ccccc23)no1.Cl. The number of hydrogen-bond donors (Lipinski definition) is 1. The van der Waals surface area contributed by atoms with Crippen molar-refractivity contribution in [1.82, 2.24) is 10.1 Å². The van der Waals surface area contributed by atoms with Crippen molar-refractivity contribution in [2.75, 3.05) is 6.54 Å². The van der Waals surface area contributed by atoms with Gasteiger partial charge in [-0.3, -0.25) is 0 Å². The van der Waals surface area contributed by atoms with Crippen molar-refractivity contribution in [2.24, 2.45) is 5.73 Å². The van der Waals surface area contributed by atoms with E-state index in [-0.39, 0.29) is 17.8 Å². The van der Waals surface area contributed by atoms with Crippen LogP contribution in [0.1, 0.15) is 19.7 Å². The molecule has 0 aliphatic rings. The predicted molar refractivity (Wildman–Crippen MR) is 86.6 cm³/mol. The molecule has 21 heavy (non-hydrogen) atoms. The number of nitrogens with zero attached hydrogens (tertiary/aromatic N) is 2. The van der Waals surface area contributed by atoms with E-state index in [1.54, 1.807) is 0 Å². The quantitative estimate of drug-likeness (QED) is 0.803. The smallest absolute Gasteiger partial charge is 0.233 e. The van der Waals surface area contributed by atoms with Crippen LogP contribution in [0.2, 0.25) is 0 Å². The minimum Gasteiger partial charge on any atom is -0.338 e. The molecule has 0 saturated heterocycles. The molecule has 3 aromatic rings. The zero-order chi connectivity index (χ0) is 14.2. The van der Waals surface area contributed by atoms with Gasteiger partial charge >= 0.3 is 0 Å². The molecule has 110 valence electrons. The molecule has 1 heterocycles. The summed E-state index contributed by atoms with van der Waals surface area (Å²) in [4.78, 5) is 4.52. The standard InChI is InChI=1S/C16H17N3O.ClH/c1-16(2,10-17)15-18-14(19-20-15)13-9-5-7-11-6-3-4-8-12(11)13;/h3-9H,10,17H2,1-2H3;1H. The molecule has 2 N–H and O–H groups in total. The van der Waals surface area contributed by atoms with Gasteiger partial charge in [-0.15, -0.1) is 12.4 Å². The van der Waals surface area contributed by atoms with Gasteiger partial charge in [0.2, 0.25) is 11.7 Å². The number of benzene rings is 2. The van der Waals surface area contributed by atoms with Crippen LogP contribution in [0.4, 0.5) is 0 Å². The zero-order valence-corrected chi connectivity index (χ0v) is 12.9. The second-order valence-corrected chi connectivity index (χ2v) is 5.54. The normalized spacial score (nSPS) is 11.4. The van der Waals surface area contributed by atoms with Gasteiger partial charge in [0.05, 0.1) is 5.41 Å². The maximum Gasteiger partial charge on any atom is 0.233 e. The van der Waals surface area contributed by atoms with Crippen LogP contribution in [0.5, 0.6) is 0 Å². The molecule has 1 aromatic heterocycles. The second kappa shape index (κ2) is 5.84. The number of nitrogens with two attached hydrogens (primary N) is 1. The molecule has 0 unspecified atom stereocenters. The Morgan fingerprint density at radius 1 is 1.10 bits per heavy atom. The highest BCUT2D eigenvalue weighted by Gasteiger charge is 2.26. The van der Waals surface area contributed by atoms with Crippen molar-refractivity contribution in [2.45, 2.75) is 19.3 Å². The van der Waals surface area contributed by atoms with E-state index in [1.165, 1.54) is 0 Å². The first kappa shape index (κ1) is 15.5. The van der Waals surface area contributed by atoms with Gasteiger partial charge < -0.3 is 10.3 Å². The summed E-state index contributed by atoms with van der Waals surface area (Å²) in [6.45, 7) is 4.45. The highest BCUT2D eigenvalue weighted by atomic mass is 35.5. The predicted octanol–water partition coefficient (Wildman–Crippen LogP) is 3.55. The third-order valence-electron chi connectivity index (χ3n) is 3.55. The largest absolute Gasteiger partial charge is 0.338 e. The van der Waals surface area contributed by atoms with E-state index in [9.17, 15) is 0 Å². The Morgan fingerprint density at radius 2 is 1.81 bits per heavy atom. The van der Waals surface area contributed by atoms with Gasteiger partial charge in [-0.2, -0.15) is 4.98 Å². The lowest BCUT2D eigenvalue weighted by Crippen LogP contribution is -2.28. The Kier molecular flexibility index (Phi) is 4.30. The summed E-state index contributed by atoms with van der Waals surface area (Å²) in [6, 6.07) is 14.2. The number of hydrogen-bond acceptors (Lipinski definition) is 4. The molecule has 0 amide bonds. The molecular weight excluding hydrogens is 286 g/mol. The Morgan fingerprint density at radius 3 is 2.57 bits per heavy atom. The lowest BCUT2D eigenvalue weighted by Gasteiger charge is -2.15. The number of halogens is 1. The molecule has 0 fully saturated rings. The first-order valence-electron chi connectivity index (χ1n) is 6.64. The van der Waals surface area contributed by atoms with Gasteiger partial charge in [-0.25, -0.2) is 0 Å². The molecule has 0 aliphatic carbocycles. The summed E-state index contributed by atoms with van der Waals surface area (Å²) in [7, 11) is 0. The summed E-state index contributed by atoms with van der Waals surface area (Å²) in [5.41, 5.74) is 6.42. The molecule has 3 rings (SSSR count). The van der Waals surface area contributed by atoms with Gasteiger partial charge in [0.25, 0.3) is 0 Å². The van der Waals surface area contributed by atoms with Gasteiger partial charge in [0, 0.05) is 12.1 Å². The van der Waals surface area contributed by atoms with Crippen molar-refractivity contribution < 1.29 is 4.52 Å². The molecular formula is C16H18ClN3O. The molecule has 0 spiro atoms. The van der Waals surface area contributed by atoms with Crippen LogP contribution in [0, 0.1) is 0 Å². The third kappa shape index (κ3) is 2.77. The Hall–Kier alpha value is -1.91. The molecule has 0 saturated carbocycles. The molecule has 4 nitrogen and oxygen atoms in total. The molecule has 0 aliphatic heterocycles. The topological polar surface area (TPSA) is 64.9 Å². The average Bonchev–Trinajstić information content (AvgIpc) is 2.97. The zero-order valence-electron chi connectivity index (χ0n) is 12.0. The average molecular weight is 304 g/mol. The summed E-state index contributed by atoms with van der Waals surface area (Å²) >= 11 is 0. The van der Waals surface area contributed by atoms with Crippen molar-refractivity contribution in [3.8, 4) is 11.4 Å². The lowest BCUT2D eigenvalue weighted by atomic mass is 9.94. The Labute approximate surface area is 129 Å². The van der Waals surface area contributed by atoms with Crippen LogP contribution < -0.4 is 5.73 Å². The van der Waals surface area contributed by atoms with E-state index >= 15 is 0 Å². The fraction of sp³-hybridized carbons (Fsp3) is 0.250. The highest BCUT2D eigenvalue weighted by molar-refractivity contribution is 5.94. The molecule has 2 aromatic carbocycles. The van der Waals surface area contributed by atoms with Crippen molar-refractivity contribution in [3.63, 3.8) is 0 Å². The molecule has 0 radical (unpaired) electrons. The van der Waals surface area contributed by atoms with Crippen LogP contribution in [0.25, 0.3) is 22.2 Å². The molecule has 5 heteroatoms. The van der Waals surface area contributed by atoms with E-state index in [4.69, 9.17) is 10.3 Å². The van der Waals surface area contributed by atoms with E-state index in [0.29, 0.717) is 18.3 Å². The fourth-order valence-electron chi connectivity index (χ4n) is 2.12. The summed E-state index contributed by atoms with van der Waals surface area (Å²) in [5, 5.41) is 6.39. The molecule has 0 bridgehead atoms. The fourth-order valence-corrected chi connectivity index (χ4v) is 2.12. The van der Waals surface area contributed by atoms with Gasteiger partial charge in [-0.1, -0.05) is 47.6 Å². The van der Waals surface area contributed by atoms with Crippen LogP contribution in [0.3, 0.4) is 0 Å². The van der Waals surface area contributed by atoms with Crippen molar-refractivity contribution in [1.29, 1.82) is 0 Å². The van der Waals surface area contributed by atoms with Crippen LogP contribution in [-0.2, 0) is 5.41 Å². The minimum atomic E-state index is -0.310. The van der Waals surface area contributed by atoms with Crippen LogP contribution >= 0.6 is 12.4 Å². The third-order valence-corrected chi connectivity index (χ3v) is 3.55. The number of rotatable bonds is 3. The van der Waals surface area contributed by atoms with Gasteiger partial charge in [-0.05, 0) is 24.6 Å². The monoisotopic (exact) mass is 303 g/mol. The van der Waals surface area contributed by atoms with Crippen LogP contribution in [-0.4, -0.2) is 16.7 Å². The first-order chi connectivity index (χ1) is 9.62.